The van der Waals surface area contributed by atoms with Crippen molar-refractivity contribution in [2.24, 2.45) is 0 Å². The number of amides is 1. The van der Waals surface area contributed by atoms with E-state index in [0.717, 1.165) is 21.0 Å². The first-order valence-corrected chi connectivity index (χ1v) is 10.6. The molecule has 0 bridgehead atoms. The Labute approximate surface area is 179 Å². The molecule has 0 aliphatic heterocycles. The first kappa shape index (κ1) is 20.0. The molecule has 152 valence electrons. The number of rotatable bonds is 6. The summed E-state index contributed by atoms with van der Waals surface area (Å²) < 4.78 is 2.19. The molecule has 0 spiro atoms. The Morgan fingerprint density at radius 1 is 1.10 bits per heavy atom. The van der Waals surface area contributed by atoms with E-state index in [4.69, 9.17) is 0 Å². The molecule has 9 nitrogen and oxygen atoms in total. The van der Waals surface area contributed by atoms with Crippen LogP contribution in [0.3, 0.4) is 0 Å². The number of nitrogens with one attached hydrogen (secondary N) is 1. The van der Waals surface area contributed by atoms with Gasteiger partial charge in [-0.2, -0.15) is 9.36 Å². The first-order valence-electron chi connectivity index (χ1n) is 8.95. The molecule has 1 amide bonds. The number of thiophene rings is 1. The molecule has 4 rings (SSSR count). The quantitative estimate of drug-likeness (QED) is 0.460. The summed E-state index contributed by atoms with van der Waals surface area (Å²) in [6.07, 6.45) is 0. The largest absolute Gasteiger partial charge is 0.369 e. The number of hydrogen-bond donors (Lipinski definition) is 1. The third kappa shape index (κ3) is 4.63. The van der Waals surface area contributed by atoms with Gasteiger partial charge in [0.15, 0.2) is 5.16 Å². The maximum atomic E-state index is 12.3. The van der Waals surface area contributed by atoms with Gasteiger partial charge in [0, 0.05) is 22.0 Å². The van der Waals surface area contributed by atoms with E-state index >= 15 is 0 Å². The maximum Gasteiger partial charge on any atom is 0.369 e. The van der Waals surface area contributed by atoms with Gasteiger partial charge in [-0.25, -0.2) is 14.8 Å². The van der Waals surface area contributed by atoms with Gasteiger partial charge >= 0.3 is 5.69 Å². The summed E-state index contributed by atoms with van der Waals surface area (Å²) in [5, 5.41) is 13.5. The van der Waals surface area contributed by atoms with Crippen molar-refractivity contribution < 1.29 is 4.79 Å². The summed E-state index contributed by atoms with van der Waals surface area (Å²) in [5.41, 5.74) is 1.98. The molecule has 0 radical (unpaired) electrons. The van der Waals surface area contributed by atoms with Crippen LogP contribution in [0.25, 0.3) is 5.00 Å². The van der Waals surface area contributed by atoms with E-state index in [2.05, 4.69) is 25.7 Å². The lowest BCUT2D eigenvalue weighted by Gasteiger charge is -2.06. The molecule has 0 fully saturated rings. The number of hydrogen-bond acceptors (Lipinski definition) is 8. The van der Waals surface area contributed by atoms with Gasteiger partial charge in [-0.15, -0.1) is 11.3 Å². The molecule has 0 saturated heterocycles. The zero-order valence-corrected chi connectivity index (χ0v) is 17.8. The van der Waals surface area contributed by atoms with Crippen molar-refractivity contribution >= 4 is 34.7 Å². The number of carbonyl (C=O) groups excluding carboxylic acids is 1. The number of carbonyl (C=O) groups is 1. The standard InChI is InChI=1S/C19H17N7O2S2/c1-12-10-13(2)21-18(20-12)30-15-7-5-14(6-8-15)22-16(27)11-25-19(28)26(24-23-25)17-4-3-9-29-17/h3-10H,11H2,1-2H3,(H,22,27). The Kier molecular flexibility index (Phi) is 5.72. The second kappa shape index (κ2) is 8.59. The van der Waals surface area contributed by atoms with Crippen LogP contribution in [-0.4, -0.2) is 35.7 Å². The van der Waals surface area contributed by atoms with Crippen molar-refractivity contribution in [3.05, 3.63) is 69.7 Å². The molecule has 1 N–H and O–H groups in total. The Bertz CT molecular complexity index is 1210. The molecule has 0 atom stereocenters. The van der Waals surface area contributed by atoms with Crippen molar-refractivity contribution in [2.45, 2.75) is 30.4 Å². The highest BCUT2D eigenvalue weighted by Gasteiger charge is 2.13. The van der Waals surface area contributed by atoms with E-state index in [1.165, 1.54) is 27.8 Å². The lowest BCUT2D eigenvalue weighted by Crippen LogP contribution is -2.29. The normalized spacial score (nSPS) is 10.9. The average Bonchev–Trinajstić information content (AvgIpc) is 3.33. The minimum Gasteiger partial charge on any atom is -0.324 e. The average molecular weight is 440 g/mol. The maximum absolute atomic E-state index is 12.3. The zero-order valence-electron chi connectivity index (χ0n) is 16.1. The van der Waals surface area contributed by atoms with Gasteiger partial charge in [0.2, 0.25) is 5.91 Å². The number of benzene rings is 1. The van der Waals surface area contributed by atoms with E-state index in [9.17, 15) is 9.59 Å². The topological polar surface area (TPSA) is 108 Å². The van der Waals surface area contributed by atoms with Gasteiger partial charge in [0.05, 0.1) is 0 Å². The Hall–Kier alpha value is -3.31. The van der Waals surface area contributed by atoms with Gasteiger partial charge in [-0.05, 0) is 83.9 Å². The highest BCUT2D eigenvalue weighted by Crippen LogP contribution is 2.26. The molecule has 3 heterocycles. The summed E-state index contributed by atoms with van der Waals surface area (Å²) in [6.45, 7) is 3.64. The molecule has 4 aromatic rings. The van der Waals surface area contributed by atoms with Gasteiger partial charge in [-0.3, -0.25) is 4.79 Å². The van der Waals surface area contributed by atoms with E-state index in [1.54, 1.807) is 18.2 Å². The first-order chi connectivity index (χ1) is 14.5. The van der Waals surface area contributed by atoms with Gasteiger partial charge < -0.3 is 5.32 Å². The Morgan fingerprint density at radius 2 is 1.83 bits per heavy atom. The number of anilines is 1. The summed E-state index contributed by atoms with van der Waals surface area (Å²) in [4.78, 5) is 34.4. The molecule has 1 aromatic carbocycles. The third-order valence-electron chi connectivity index (χ3n) is 3.96. The molecule has 30 heavy (non-hydrogen) atoms. The summed E-state index contributed by atoms with van der Waals surface area (Å²) in [6, 6.07) is 12.8. The molecule has 0 unspecified atom stereocenters. The molecular formula is C19H17N7O2S2. The van der Waals surface area contributed by atoms with Crippen LogP contribution in [0.1, 0.15) is 11.4 Å². The van der Waals surface area contributed by atoms with Crippen molar-refractivity contribution in [3.63, 3.8) is 0 Å². The molecule has 0 aliphatic rings. The van der Waals surface area contributed by atoms with E-state index in [1.807, 2.05) is 43.5 Å². The van der Waals surface area contributed by atoms with Crippen molar-refractivity contribution in [2.75, 3.05) is 5.32 Å². The fourth-order valence-electron chi connectivity index (χ4n) is 2.69. The van der Waals surface area contributed by atoms with Gasteiger partial charge in [0.25, 0.3) is 0 Å². The van der Waals surface area contributed by atoms with Crippen LogP contribution in [0, 0.1) is 13.8 Å². The lowest BCUT2D eigenvalue weighted by molar-refractivity contribution is -0.117. The van der Waals surface area contributed by atoms with E-state index in [0.29, 0.717) is 15.8 Å². The predicted octanol–water partition coefficient (Wildman–Crippen LogP) is 2.69. The number of aromatic nitrogens is 6. The van der Waals surface area contributed by atoms with Crippen LogP contribution < -0.4 is 11.0 Å². The smallest absolute Gasteiger partial charge is 0.324 e. The molecular weight excluding hydrogens is 422 g/mol. The molecule has 3 aromatic heterocycles. The summed E-state index contributed by atoms with van der Waals surface area (Å²) >= 11 is 2.81. The fourth-order valence-corrected chi connectivity index (χ4v) is 4.22. The van der Waals surface area contributed by atoms with Crippen LogP contribution in [0.2, 0.25) is 0 Å². The number of nitrogens with zero attached hydrogens (tertiary/aromatic N) is 6. The van der Waals surface area contributed by atoms with Gasteiger partial charge in [0.1, 0.15) is 11.5 Å². The molecule has 0 saturated carbocycles. The Morgan fingerprint density at radius 3 is 2.50 bits per heavy atom. The second-order valence-electron chi connectivity index (χ2n) is 6.39. The van der Waals surface area contributed by atoms with Crippen LogP contribution in [0.4, 0.5) is 5.69 Å². The van der Waals surface area contributed by atoms with E-state index < -0.39 is 5.69 Å². The Balaban J connectivity index is 1.39. The van der Waals surface area contributed by atoms with Crippen LogP contribution in [0.5, 0.6) is 0 Å². The highest BCUT2D eigenvalue weighted by molar-refractivity contribution is 7.99. The van der Waals surface area contributed by atoms with E-state index in [-0.39, 0.29) is 12.5 Å². The second-order valence-corrected chi connectivity index (χ2v) is 8.36. The number of aryl methyl sites for hydroxylation is 2. The number of tetrazole rings is 1. The predicted molar refractivity (Wildman–Crippen MR) is 114 cm³/mol. The van der Waals surface area contributed by atoms with Crippen molar-refractivity contribution in [1.29, 1.82) is 0 Å². The third-order valence-corrected chi connectivity index (χ3v) is 5.67. The SMILES string of the molecule is Cc1cc(C)nc(Sc2ccc(NC(=O)Cn3nnn(-c4cccs4)c3=O)cc2)n1. The van der Waals surface area contributed by atoms with Crippen LogP contribution in [0.15, 0.2) is 62.7 Å². The zero-order chi connectivity index (χ0) is 21.1. The minimum atomic E-state index is -0.465. The fraction of sp³-hybridized carbons (Fsp3) is 0.158. The van der Waals surface area contributed by atoms with Crippen LogP contribution in [-0.2, 0) is 11.3 Å². The molecule has 11 heteroatoms. The monoisotopic (exact) mass is 439 g/mol. The highest BCUT2D eigenvalue weighted by atomic mass is 32.2. The lowest BCUT2D eigenvalue weighted by atomic mass is 10.3. The summed E-state index contributed by atoms with van der Waals surface area (Å²) in [5.74, 6) is -0.367. The van der Waals surface area contributed by atoms with Crippen molar-refractivity contribution in [1.82, 2.24) is 29.8 Å². The van der Waals surface area contributed by atoms with Gasteiger partial charge in [-0.1, -0.05) is 0 Å². The van der Waals surface area contributed by atoms with Crippen molar-refractivity contribution in [3.8, 4) is 5.00 Å². The summed E-state index contributed by atoms with van der Waals surface area (Å²) in [7, 11) is 0. The minimum absolute atomic E-state index is 0.225. The van der Waals surface area contributed by atoms with Crippen LogP contribution >= 0.6 is 23.1 Å². The molecule has 0 aliphatic carbocycles.